The number of fused-ring (bicyclic) bond motifs is 5. The summed E-state index contributed by atoms with van der Waals surface area (Å²) in [6.45, 7) is 29.3. The molecule has 0 amide bonds. The molecule has 6 aromatic rings. The van der Waals surface area contributed by atoms with Crippen LogP contribution in [-0.4, -0.2) is 51.9 Å². The van der Waals surface area contributed by atoms with E-state index in [1.807, 2.05) is 116 Å². The molecule has 302 valence electrons. The second-order valence-corrected chi connectivity index (χ2v) is 16.3. The van der Waals surface area contributed by atoms with Gasteiger partial charge in [0.2, 0.25) is 0 Å². The topological polar surface area (TPSA) is 56.5 Å². The number of rotatable bonds is 15. The molecule has 3 aromatic heterocycles. The van der Waals surface area contributed by atoms with Gasteiger partial charge in [0.25, 0.3) is 0 Å². The van der Waals surface area contributed by atoms with Crippen molar-refractivity contribution < 1.29 is 0 Å². The molecule has 2 radical (unpaired) electrons. The fourth-order valence-corrected chi connectivity index (χ4v) is 9.33. The van der Waals surface area contributed by atoms with Crippen molar-refractivity contribution in [3.63, 3.8) is 0 Å². The molecular weight excluding hydrogens is 771 g/mol. The molecule has 9 heteroatoms. The van der Waals surface area contributed by atoms with Gasteiger partial charge in [0.15, 0.2) is 0 Å². The first-order valence-electron chi connectivity index (χ1n) is 21.0. The molecule has 0 N–H and O–H groups in total. The van der Waals surface area contributed by atoms with Crippen LogP contribution in [0.15, 0.2) is 129 Å². The van der Waals surface area contributed by atoms with Crippen LogP contribution >= 0.6 is 11.3 Å². The molecule has 5 nitrogen and oxygen atoms in total. The first-order chi connectivity index (χ1) is 30.2. The van der Waals surface area contributed by atoms with Gasteiger partial charge in [-0.15, -0.1) is 11.3 Å². The third-order valence-electron chi connectivity index (χ3n) is 11.1. The number of thiazole rings is 1. The summed E-state index contributed by atoms with van der Waals surface area (Å²) in [5.41, 5.74) is 14.5. The van der Waals surface area contributed by atoms with E-state index < -0.39 is 0 Å². The zero-order chi connectivity index (χ0) is 44.0. The zero-order valence-corrected chi connectivity index (χ0v) is 37.6. The maximum absolute atomic E-state index is 5.12. The molecule has 0 spiro atoms. The third-order valence-corrected chi connectivity index (χ3v) is 12.2. The summed E-state index contributed by atoms with van der Waals surface area (Å²) in [4.78, 5) is 20.4. The van der Waals surface area contributed by atoms with Crippen molar-refractivity contribution in [3.05, 3.63) is 180 Å². The maximum atomic E-state index is 5.12. The van der Waals surface area contributed by atoms with E-state index in [2.05, 4.69) is 111 Å². The van der Waals surface area contributed by atoms with Gasteiger partial charge in [-0.2, -0.15) is 0 Å². The molecule has 0 fully saturated rings. The van der Waals surface area contributed by atoms with Crippen LogP contribution in [-0.2, 0) is 5.41 Å². The van der Waals surface area contributed by atoms with Crippen molar-refractivity contribution >= 4 is 89.9 Å². The van der Waals surface area contributed by atoms with Crippen molar-refractivity contribution in [2.24, 2.45) is 0 Å². The van der Waals surface area contributed by atoms with Gasteiger partial charge in [0.05, 0.1) is 10.2 Å². The van der Waals surface area contributed by atoms with E-state index in [0.717, 1.165) is 60.9 Å². The molecule has 7 rings (SSSR count). The molecule has 0 bridgehead atoms. The number of hydrogen-bond donors (Lipinski definition) is 0. The van der Waals surface area contributed by atoms with E-state index in [0.29, 0.717) is 17.5 Å². The Morgan fingerprint density at radius 1 is 0.774 bits per heavy atom. The fourth-order valence-electron chi connectivity index (χ4n) is 8.20. The normalized spacial score (nSPS) is 14.0. The second kappa shape index (κ2) is 19.1. The van der Waals surface area contributed by atoms with Crippen molar-refractivity contribution in [2.75, 3.05) is 0 Å². The second-order valence-electron chi connectivity index (χ2n) is 15.3. The summed E-state index contributed by atoms with van der Waals surface area (Å²) in [5, 5.41) is 1.02. The molecule has 0 saturated carbocycles. The Morgan fingerprint density at radius 2 is 1.52 bits per heavy atom. The molecule has 0 aliphatic heterocycles. The molecular formula is C53H50B3N5S. The Bertz CT molecular complexity index is 2930. The van der Waals surface area contributed by atoms with Gasteiger partial charge < -0.3 is 0 Å². The van der Waals surface area contributed by atoms with Crippen molar-refractivity contribution in [1.29, 1.82) is 0 Å². The van der Waals surface area contributed by atoms with E-state index in [1.54, 1.807) is 17.4 Å². The first-order valence-corrected chi connectivity index (χ1v) is 21.8. The molecule has 3 heterocycles. The Kier molecular flexibility index (Phi) is 13.4. The predicted molar refractivity (Wildman–Crippen MR) is 276 cm³/mol. The van der Waals surface area contributed by atoms with Gasteiger partial charge in [-0.05, 0) is 29.7 Å². The average Bonchev–Trinajstić information content (AvgIpc) is 3.93. The first kappa shape index (κ1) is 43.6. The average molecular weight is 822 g/mol. The minimum absolute atomic E-state index is 0.187. The molecule has 1 aliphatic carbocycles. The number of hydrogen-bond acceptors (Lipinski definition) is 5. The van der Waals surface area contributed by atoms with Gasteiger partial charge in [-0.1, -0.05) is 56.3 Å². The van der Waals surface area contributed by atoms with Crippen LogP contribution in [0.4, 0.5) is 0 Å². The van der Waals surface area contributed by atoms with E-state index in [4.69, 9.17) is 19.9 Å². The number of allylic oxidation sites excluding steroid dienone is 9. The van der Waals surface area contributed by atoms with Crippen molar-refractivity contribution in [1.82, 2.24) is 24.5 Å². The summed E-state index contributed by atoms with van der Waals surface area (Å²) in [6, 6.07) is 21.8. The molecule has 0 atom stereocenters. The Hall–Kier alpha value is -6.44. The summed E-state index contributed by atoms with van der Waals surface area (Å²) in [7, 11) is 4.03. The SMILES string of the molecule is C=C/C=C\C(=C/[B]C)c1nc(/C([B]C)=C/c2c(C=C)c(/C=C\C)n(-c3ccc4c(c3)-c3c(ccc5nc(-c6ccccc6)sc35)C4(C)C)c2C=C)nc(/C(C=BC)=C/C=C\C)n1. The minimum atomic E-state index is -0.187. The van der Waals surface area contributed by atoms with Gasteiger partial charge >= 0.3 is 241 Å². The van der Waals surface area contributed by atoms with Gasteiger partial charge in [0.1, 0.15) is 5.01 Å². The van der Waals surface area contributed by atoms with Crippen LogP contribution in [0.2, 0.25) is 20.5 Å². The number of benzene rings is 3. The predicted octanol–water partition coefficient (Wildman–Crippen LogP) is 13.2. The van der Waals surface area contributed by atoms with E-state index in [1.165, 1.54) is 27.0 Å². The van der Waals surface area contributed by atoms with Crippen molar-refractivity contribution in [3.8, 4) is 27.4 Å². The van der Waals surface area contributed by atoms with Gasteiger partial charge in [0, 0.05) is 16.5 Å². The third kappa shape index (κ3) is 8.17. The zero-order valence-electron chi connectivity index (χ0n) is 36.8. The van der Waals surface area contributed by atoms with Crippen molar-refractivity contribution in [2.45, 2.75) is 53.6 Å². The summed E-state index contributed by atoms with van der Waals surface area (Å²) in [6.07, 6.45) is 21.8. The van der Waals surface area contributed by atoms with Crippen LogP contribution in [0.25, 0.3) is 78.5 Å². The Balaban J connectivity index is 1.46. The van der Waals surface area contributed by atoms with Crippen LogP contribution < -0.4 is 0 Å². The Labute approximate surface area is 373 Å². The van der Waals surface area contributed by atoms with E-state index in [9.17, 15) is 0 Å². The molecule has 1 aliphatic rings. The standard InChI is InChI=1S/C53H50B3N5S/c1-11-16-22-35(32-54-8)49-58-50(36(33-55-9)23-17-12-2)60-51(59-49)43(56-10)31-39-38(14-4)46(21-13-3)61(45(39)15-5)37-26-27-41-40(30-37)47-42(53(41,6)7)28-29-44-48(47)62-52(57-44)34-24-19-18-20-25-34/h11-33H,1,4-5H2,2-3,6-10H3/b17-12-,21-13-,22-16-,35-32+,36-23+,43-31-. The monoisotopic (exact) mass is 821 g/mol. The van der Waals surface area contributed by atoms with E-state index in [-0.39, 0.29) is 5.41 Å². The molecule has 0 unspecified atom stereocenters. The van der Waals surface area contributed by atoms with Crippen LogP contribution in [0.5, 0.6) is 0 Å². The van der Waals surface area contributed by atoms with Gasteiger partial charge in [-0.3, -0.25) is 0 Å². The Morgan fingerprint density at radius 3 is 2.18 bits per heavy atom. The summed E-state index contributed by atoms with van der Waals surface area (Å²) in [5.74, 6) is 5.68. The molecule has 3 aromatic carbocycles. The summed E-state index contributed by atoms with van der Waals surface area (Å²) >= 11 is 1.77. The van der Waals surface area contributed by atoms with Crippen LogP contribution in [0, 0.1) is 0 Å². The number of aromatic nitrogens is 5. The van der Waals surface area contributed by atoms with Crippen LogP contribution in [0.3, 0.4) is 0 Å². The number of nitrogens with zero attached hydrogens (tertiary/aromatic N) is 5. The van der Waals surface area contributed by atoms with Crippen LogP contribution in [0.1, 0.15) is 78.8 Å². The molecule has 0 saturated heterocycles. The quantitative estimate of drug-likeness (QED) is 0.0765. The fraction of sp³-hybridized carbons (Fsp3) is 0.151. The molecule has 62 heavy (non-hydrogen) atoms. The van der Waals surface area contributed by atoms with E-state index >= 15 is 0 Å². The summed E-state index contributed by atoms with van der Waals surface area (Å²) < 4.78 is 3.50. The van der Waals surface area contributed by atoms with Gasteiger partial charge in [-0.25, -0.2) is 4.98 Å².